The summed E-state index contributed by atoms with van der Waals surface area (Å²) in [5.74, 6) is 0.332. The fourth-order valence-electron chi connectivity index (χ4n) is 2.48. The molecule has 0 saturated heterocycles. The first-order valence-electron chi connectivity index (χ1n) is 5.26. The standard InChI is InChI=1S/C12H17NO/c13-9-12(7-1-2-8-12)10-3-5-11(14)6-4-10/h3-6,14H,1-2,7-9,13H2. The number of hydrogen-bond acceptors (Lipinski definition) is 2. The van der Waals surface area contributed by atoms with Gasteiger partial charge in [-0.1, -0.05) is 25.0 Å². The van der Waals surface area contributed by atoms with Crippen LogP contribution in [-0.2, 0) is 5.41 Å². The summed E-state index contributed by atoms with van der Waals surface area (Å²) in [6.45, 7) is 0.720. The van der Waals surface area contributed by atoms with E-state index in [1.807, 2.05) is 12.1 Å². The van der Waals surface area contributed by atoms with E-state index in [0.717, 1.165) is 6.54 Å². The maximum absolute atomic E-state index is 9.22. The van der Waals surface area contributed by atoms with Crippen molar-refractivity contribution in [3.63, 3.8) is 0 Å². The SMILES string of the molecule is NCC1(c2ccc(O)cc2)CCCC1. The third-order valence-corrected chi connectivity index (χ3v) is 3.43. The molecule has 3 N–H and O–H groups in total. The Morgan fingerprint density at radius 3 is 2.21 bits per heavy atom. The minimum absolute atomic E-state index is 0.188. The minimum atomic E-state index is 0.188. The number of nitrogens with two attached hydrogens (primary N) is 1. The summed E-state index contributed by atoms with van der Waals surface area (Å²) in [5.41, 5.74) is 7.35. The Morgan fingerprint density at radius 1 is 1.14 bits per heavy atom. The predicted molar refractivity (Wildman–Crippen MR) is 57.3 cm³/mol. The second kappa shape index (κ2) is 3.62. The average molecular weight is 191 g/mol. The first-order valence-corrected chi connectivity index (χ1v) is 5.26. The Kier molecular flexibility index (Phi) is 2.46. The fourth-order valence-corrected chi connectivity index (χ4v) is 2.48. The van der Waals surface area contributed by atoms with Crippen LogP contribution in [0, 0.1) is 0 Å². The minimum Gasteiger partial charge on any atom is -0.508 e. The molecular weight excluding hydrogens is 174 g/mol. The summed E-state index contributed by atoms with van der Waals surface area (Å²) in [6.07, 6.45) is 4.93. The van der Waals surface area contributed by atoms with E-state index in [1.54, 1.807) is 12.1 Å². The quantitative estimate of drug-likeness (QED) is 0.752. The van der Waals surface area contributed by atoms with E-state index in [4.69, 9.17) is 5.73 Å². The van der Waals surface area contributed by atoms with Crippen LogP contribution in [-0.4, -0.2) is 11.7 Å². The summed E-state index contributed by atoms with van der Waals surface area (Å²) in [4.78, 5) is 0. The number of aromatic hydroxyl groups is 1. The summed E-state index contributed by atoms with van der Waals surface area (Å²) < 4.78 is 0. The van der Waals surface area contributed by atoms with Gasteiger partial charge >= 0.3 is 0 Å². The first kappa shape index (κ1) is 9.53. The van der Waals surface area contributed by atoms with E-state index in [2.05, 4.69) is 0 Å². The second-order valence-electron chi connectivity index (χ2n) is 4.24. The molecule has 0 radical (unpaired) electrons. The van der Waals surface area contributed by atoms with E-state index in [0.29, 0.717) is 5.75 Å². The molecule has 2 heteroatoms. The zero-order valence-corrected chi connectivity index (χ0v) is 8.37. The monoisotopic (exact) mass is 191 g/mol. The Labute approximate surface area is 84.7 Å². The van der Waals surface area contributed by atoms with Gasteiger partial charge in [-0.25, -0.2) is 0 Å². The Morgan fingerprint density at radius 2 is 1.71 bits per heavy atom. The van der Waals surface area contributed by atoms with Crippen molar-refractivity contribution in [2.75, 3.05) is 6.54 Å². The lowest BCUT2D eigenvalue weighted by molar-refractivity contribution is 0.448. The Balaban J connectivity index is 2.31. The topological polar surface area (TPSA) is 46.2 Å². The van der Waals surface area contributed by atoms with Crippen LogP contribution in [0.25, 0.3) is 0 Å². The molecule has 1 aromatic carbocycles. The third kappa shape index (κ3) is 1.50. The lowest BCUT2D eigenvalue weighted by atomic mass is 9.79. The maximum Gasteiger partial charge on any atom is 0.115 e. The number of rotatable bonds is 2. The molecule has 2 nitrogen and oxygen atoms in total. The van der Waals surface area contributed by atoms with Gasteiger partial charge in [-0.2, -0.15) is 0 Å². The van der Waals surface area contributed by atoms with Crippen LogP contribution in [0.4, 0.5) is 0 Å². The average Bonchev–Trinajstić information content (AvgIpc) is 2.68. The molecule has 2 rings (SSSR count). The molecule has 76 valence electrons. The van der Waals surface area contributed by atoms with Crippen molar-refractivity contribution in [1.82, 2.24) is 0 Å². The first-order chi connectivity index (χ1) is 6.77. The molecule has 0 unspecified atom stereocenters. The second-order valence-corrected chi connectivity index (χ2v) is 4.24. The van der Waals surface area contributed by atoms with Crippen LogP contribution in [0.5, 0.6) is 5.75 Å². The number of phenolic OH excluding ortho intramolecular Hbond substituents is 1. The van der Waals surface area contributed by atoms with Gasteiger partial charge in [0, 0.05) is 12.0 Å². The molecular formula is C12H17NO. The van der Waals surface area contributed by atoms with Gasteiger partial charge in [0.1, 0.15) is 5.75 Å². The molecule has 1 fully saturated rings. The maximum atomic E-state index is 9.22. The van der Waals surface area contributed by atoms with Gasteiger partial charge in [0.2, 0.25) is 0 Å². The van der Waals surface area contributed by atoms with Crippen molar-refractivity contribution < 1.29 is 5.11 Å². The van der Waals surface area contributed by atoms with E-state index >= 15 is 0 Å². The van der Waals surface area contributed by atoms with Crippen LogP contribution in [0.15, 0.2) is 24.3 Å². The number of hydrogen-bond donors (Lipinski definition) is 2. The lowest BCUT2D eigenvalue weighted by Gasteiger charge is -2.27. The van der Waals surface area contributed by atoms with Crippen LogP contribution >= 0.6 is 0 Å². The molecule has 0 spiro atoms. The lowest BCUT2D eigenvalue weighted by Crippen LogP contribution is -2.31. The molecule has 0 amide bonds. The van der Waals surface area contributed by atoms with Crippen LogP contribution in [0.3, 0.4) is 0 Å². The molecule has 1 aliphatic rings. The molecule has 0 aliphatic heterocycles. The van der Waals surface area contributed by atoms with E-state index in [9.17, 15) is 5.11 Å². The summed E-state index contributed by atoms with van der Waals surface area (Å²) in [6, 6.07) is 7.52. The summed E-state index contributed by atoms with van der Waals surface area (Å²) in [7, 11) is 0. The molecule has 14 heavy (non-hydrogen) atoms. The zero-order valence-electron chi connectivity index (χ0n) is 8.37. The molecule has 1 aliphatic carbocycles. The van der Waals surface area contributed by atoms with Crippen molar-refractivity contribution in [1.29, 1.82) is 0 Å². The highest BCUT2D eigenvalue weighted by Crippen LogP contribution is 2.40. The molecule has 0 atom stereocenters. The van der Waals surface area contributed by atoms with Crippen molar-refractivity contribution >= 4 is 0 Å². The normalized spacial score (nSPS) is 19.8. The largest absolute Gasteiger partial charge is 0.508 e. The van der Waals surface area contributed by atoms with Gasteiger partial charge in [0.05, 0.1) is 0 Å². The van der Waals surface area contributed by atoms with Crippen molar-refractivity contribution in [2.45, 2.75) is 31.1 Å². The van der Waals surface area contributed by atoms with Crippen molar-refractivity contribution in [2.24, 2.45) is 5.73 Å². The van der Waals surface area contributed by atoms with Crippen molar-refractivity contribution in [3.05, 3.63) is 29.8 Å². The van der Waals surface area contributed by atoms with Gasteiger partial charge in [-0.15, -0.1) is 0 Å². The van der Waals surface area contributed by atoms with Gasteiger partial charge in [-0.05, 0) is 30.5 Å². The van der Waals surface area contributed by atoms with Crippen LogP contribution in [0.2, 0.25) is 0 Å². The van der Waals surface area contributed by atoms with Crippen LogP contribution in [0.1, 0.15) is 31.2 Å². The highest BCUT2D eigenvalue weighted by atomic mass is 16.3. The zero-order chi connectivity index (χ0) is 10.0. The molecule has 1 aromatic rings. The molecule has 1 saturated carbocycles. The molecule has 0 bridgehead atoms. The van der Waals surface area contributed by atoms with Gasteiger partial charge in [-0.3, -0.25) is 0 Å². The summed E-state index contributed by atoms with van der Waals surface area (Å²) >= 11 is 0. The van der Waals surface area contributed by atoms with Crippen molar-refractivity contribution in [3.8, 4) is 5.75 Å². The number of benzene rings is 1. The Hall–Kier alpha value is -1.02. The van der Waals surface area contributed by atoms with E-state index < -0.39 is 0 Å². The van der Waals surface area contributed by atoms with Gasteiger partial charge < -0.3 is 10.8 Å². The highest BCUT2D eigenvalue weighted by Gasteiger charge is 2.33. The molecule has 0 aromatic heterocycles. The predicted octanol–water partition coefficient (Wildman–Crippen LogP) is 2.16. The Bertz CT molecular complexity index is 299. The summed E-state index contributed by atoms with van der Waals surface area (Å²) in [5, 5.41) is 9.22. The smallest absolute Gasteiger partial charge is 0.115 e. The van der Waals surface area contributed by atoms with Crippen LogP contribution < -0.4 is 5.73 Å². The molecule has 0 heterocycles. The van der Waals surface area contributed by atoms with E-state index in [1.165, 1.54) is 31.2 Å². The highest BCUT2D eigenvalue weighted by molar-refractivity contribution is 5.32. The van der Waals surface area contributed by atoms with Gasteiger partial charge in [0.25, 0.3) is 0 Å². The third-order valence-electron chi connectivity index (χ3n) is 3.43. The number of phenols is 1. The van der Waals surface area contributed by atoms with E-state index in [-0.39, 0.29) is 5.41 Å². The fraction of sp³-hybridized carbons (Fsp3) is 0.500. The van der Waals surface area contributed by atoms with Gasteiger partial charge in [0.15, 0.2) is 0 Å².